The van der Waals surface area contributed by atoms with Gasteiger partial charge in [0.15, 0.2) is 9.84 Å². The molecule has 25 heavy (non-hydrogen) atoms. The van der Waals surface area contributed by atoms with Crippen LogP contribution in [0.15, 0.2) is 54.6 Å². The lowest BCUT2D eigenvalue weighted by Crippen LogP contribution is -2.27. The van der Waals surface area contributed by atoms with Gasteiger partial charge in [-0.2, -0.15) is 0 Å². The van der Waals surface area contributed by atoms with Crippen LogP contribution in [0.2, 0.25) is 0 Å². The van der Waals surface area contributed by atoms with Crippen molar-refractivity contribution < 1.29 is 18.3 Å². The number of hydrogen-bond acceptors (Lipinski definition) is 4. The Bertz CT molecular complexity index is 760. The fourth-order valence-electron chi connectivity index (χ4n) is 2.47. The van der Waals surface area contributed by atoms with Crippen LogP contribution in [0.5, 0.6) is 5.75 Å². The van der Waals surface area contributed by atoms with E-state index in [0.717, 1.165) is 0 Å². The second kappa shape index (κ2) is 8.02. The minimum absolute atomic E-state index is 0.0527. The molecule has 0 aromatic heterocycles. The number of aliphatic hydroxyl groups excluding tert-OH is 1. The Morgan fingerprint density at radius 3 is 2.16 bits per heavy atom. The predicted molar refractivity (Wildman–Crippen MR) is 101 cm³/mol. The highest BCUT2D eigenvalue weighted by atomic mass is 32.2. The topological polar surface area (TPSA) is 63.6 Å². The SMILES string of the molecule is CC(C)(C)c1ccc(OCC(O)CS(=O)(=O)Cc2ccccc2)cc1. The zero-order chi connectivity index (χ0) is 18.5. The molecule has 2 rings (SSSR count). The summed E-state index contributed by atoms with van der Waals surface area (Å²) in [6.07, 6.45) is -1.06. The van der Waals surface area contributed by atoms with E-state index in [1.165, 1.54) is 5.56 Å². The largest absolute Gasteiger partial charge is 0.491 e. The summed E-state index contributed by atoms with van der Waals surface area (Å²) in [6, 6.07) is 16.6. The second-order valence-electron chi connectivity index (χ2n) is 7.28. The van der Waals surface area contributed by atoms with Crippen LogP contribution in [0, 0.1) is 0 Å². The smallest absolute Gasteiger partial charge is 0.157 e. The van der Waals surface area contributed by atoms with Gasteiger partial charge < -0.3 is 9.84 Å². The standard InChI is InChI=1S/C20H26O4S/c1-20(2,3)17-9-11-19(12-10-17)24-13-18(21)15-25(22,23)14-16-7-5-4-6-8-16/h4-12,18,21H,13-15H2,1-3H3. The summed E-state index contributed by atoms with van der Waals surface area (Å²) in [4.78, 5) is 0. The van der Waals surface area contributed by atoms with E-state index in [1.807, 2.05) is 30.3 Å². The summed E-state index contributed by atoms with van der Waals surface area (Å²) in [5.74, 6) is 0.222. The lowest BCUT2D eigenvalue weighted by molar-refractivity contribution is 0.125. The molecule has 0 heterocycles. The quantitative estimate of drug-likeness (QED) is 0.820. The first-order valence-electron chi connectivity index (χ1n) is 8.31. The summed E-state index contributed by atoms with van der Waals surface area (Å²) in [5, 5.41) is 10.0. The van der Waals surface area contributed by atoms with Gasteiger partial charge in [-0.1, -0.05) is 63.2 Å². The van der Waals surface area contributed by atoms with Crippen LogP contribution in [-0.2, 0) is 21.0 Å². The van der Waals surface area contributed by atoms with Gasteiger partial charge in [0.1, 0.15) is 18.5 Å². The maximum atomic E-state index is 12.2. The molecule has 1 unspecified atom stereocenters. The summed E-state index contributed by atoms with van der Waals surface area (Å²) < 4.78 is 29.8. The molecule has 0 aliphatic carbocycles. The van der Waals surface area contributed by atoms with Crippen molar-refractivity contribution >= 4 is 9.84 Å². The van der Waals surface area contributed by atoms with E-state index in [9.17, 15) is 13.5 Å². The first kappa shape index (κ1) is 19.5. The molecule has 0 aliphatic rings. The number of rotatable bonds is 7. The highest BCUT2D eigenvalue weighted by molar-refractivity contribution is 7.90. The molecular formula is C20H26O4S. The van der Waals surface area contributed by atoms with Crippen LogP contribution in [0.3, 0.4) is 0 Å². The zero-order valence-electron chi connectivity index (χ0n) is 15.0. The highest BCUT2D eigenvalue weighted by Gasteiger charge is 2.19. The van der Waals surface area contributed by atoms with Crippen LogP contribution >= 0.6 is 0 Å². The molecule has 4 nitrogen and oxygen atoms in total. The minimum Gasteiger partial charge on any atom is -0.491 e. The van der Waals surface area contributed by atoms with E-state index in [-0.39, 0.29) is 23.5 Å². The highest BCUT2D eigenvalue weighted by Crippen LogP contribution is 2.24. The van der Waals surface area contributed by atoms with Crippen LogP contribution in [0.1, 0.15) is 31.9 Å². The van der Waals surface area contributed by atoms with Gasteiger partial charge in [0.2, 0.25) is 0 Å². The fourth-order valence-corrected chi connectivity index (χ4v) is 3.97. The molecule has 1 N–H and O–H groups in total. The molecule has 2 aromatic carbocycles. The molecule has 136 valence electrons. The average Bonchev–Trinajstić information content (AvgIpc) is 2.52. The molecule has 0 aliphatic heterocycles. The Kier molecular flexibility index (Phi) is 6.25. The van der Waals surface area contributed by atoms with Gasteiger partial charge in [-0.05, 0) is 28.7 Å². The van der Waals surface area contributed by atoms with Crippen molar-refractivity contribution in [2.75, 3.05) is 12.4 Å². The lowest BCUT2D eigenvalue weighted by atomic mass is 9.87. The molecule has 0 spiro atoms. The Morgan fingerprint density at radius 1 is 1.00 bits per heavy atom. The van der Waals surface area contributed by atoms with Crippen LogP contribution in [0.4, 0.5) is 0 Å². The molecule has 0 saturated carbocycles. The van der Waals surface area contributed by atoms with Crippen molar-refractivity contribution in [1.82, 2.24) is 0 Å². The summed E-state index contributed by atoms with van der Waals surface area (Å²) in [6.45, 7) is 6.33. The summed E-state index contributed by atoms with van der Waals surface area (Å²) in [7, 11) is -3.39. The van der Waals surface area contributed by atoms with Crippen molar-refractivity contribution in [3.05, 3.63) is 65.7 Å². The third-order valence-corrected chi connectivity index (χ3v) is 5.50. The Labute approximate surface area is 150 Å². The Morgan fingerprint density at radius 2 is 1.60 bits per heavy atom. The maximum absolute atomic E-state index is 12.2. The Balaban J connectivity index is 1.86. The van der Waals surface area contributed by atoms with Gasteiger partial charge in [0.25, 0.3) is 0 Å². The predicted octanol–water partition coefficient (Wildman–Crippen LogP) is 3.34. The average molecular weight is 362 g/mol. The van der Waals surface area contributed by atoms with Gasteiger partial charge in [-0.25, -0.2) is 8.42 Å². The van der Waals surface area contributed by atoms with Crippen LogP contribution < -0.4 is 4.74 Å². The molecule has 0 bridgehead atoms. The summed E-state index contributed by atoms with van der Waals surface area (Å²) >= 11 is 0. The third kappa shape index (κ3) is 6.52. The van der Waals surface area contributed by atoms with E-state index in [1.54, 1.807) is 24.3 Å². The van der Waals surface area contributed by atoms with Crippen molar-refractivity contribution in [3.8, 4) is 5.75 Å². The van der Waals surface area contributed by atoms with Gasteiger partial charge in [-0.15, -0.1) is 0 Å². The monoisotopic (exact) mass is 362 g/mol. The van der Waals surface area contributed by atoms with Gasteiger partial charge in [-0.3, -0.25) is 0 Å². The number of benzene rings is 2. The van der Waals surface area contributed by atoms with E-state index in [2.05, 4.69) is 20.8 Å². The molecule has 2 aromatic rings. The number of ether oxygens (including phenoxy) is 1. The molecular weight excluding hydrogens is 336 g/mol. The molecule has 5 heteroatoms. The second-order valence-corrected chi connectivity index (χ2v) is 9.39. The number of hydrogen-bond donors (Lipinski definition) is 1. The number of sulfone groups is 1. The van der Waals surface area contributed by atoms with E-state index < -0.39 is 15.9 Å². The normalized spacial score (nSPS) is 13.4. The molecule has 0 radical (unpaired) electrons. The van der Waals surface area contributed by atoms with E-state index >= 15 is 0 Å². The molecule has 0 amide bonds. The zero-order valence-corrected chi connectivity index (χ0v) is 15.8. The first-order chi connectivity index (χ1) is 11.7. The van der Waals surface area contributed by atoms with Crippen LogP contribution in [-0.4, -0.2) is 32.0 Å². The van der Waals surface area contributed by atoms with Crippen molar-refractivity contribution in [2.24, 2.45) is 0 Å². The van der Waals surface area contributed by atoms with Gasteiger partial charge >= 0.3 is 0 Å². The Hall–Kier alpha value is -1.85. The van der Waals surface area contributed by atoms with Crippen LogP contribution in [0.25, 0.3) is 0 Å². The van der Waals surface area contributed by atoms with Gasteiger partial charge in [0.05, 0.1) is 11.5 Å². The number of aliphatic hydroxyl groups is 1. The lowest BCUT2D eigenvalue weighted by Gasteiger charge is -2.19. The molecule has 1 atom stereocenters. The van der Waals surface area contributed by atoms with Gasteiger partial charge in [0, 0.05) is 0 Å². The van der Waals surface area contributed by atoms with Crippen molar-refractivity contribution in [3.63, 3.8) is 0 Å². The molecule has 0 fully saturated rings. The van der Waals surface area contributed by atoms with E-state index in [0.29, 0.717) is 11.3 Å². The van der Waals surface area contributed by atoms with E-state index in [4.69, 9.17) is 4.74 Å². The van der Waals surface area contributed by atoms with Crippen molar-refractivity contribution in [1.29, 1.82) is 0 Å². The fraction of sp³-hybridized carbons (Fsp3) is 0.400. The van der Waals surface area contributed by atoms with Crippen molar-refractivity contribution in [2.45, 2.75) is 38.0 Å². The maximum Gasteiger partial charge on any atom is 0.157 e. The minimum atomic E-state index is -3.39. The third-order valence-electron chi connectivity index (χ3n) is 3.84. The summed E-state index contributed by atoms with van der Waals surface area (Å²) in [5.41, 5.74) is 1.96. The first-order valence-corrected chi connectivity index (χ1v) is 10.1. The molecule has 0 saturated heterocycles.